The van der Waals surface area contributed by atoms with Gasteiger partial charge in [-0.05, 0) is 55.0 Å². The molecule has 1 aromatic carbocycles. The first-order chi connectivity index (χ1) is 14.4. The number of aliphatic hydroxyl groups excluding tert-OH is 1. The smallest absolute Gasteiger partial charge is 0.241 e. The Bertz CT molecular complexity index is 1050. The van der Waals surface area contributed by atoms with Gasteiger partial charge in [-0.3, -0.25) is 4.90 Å². The molecule has 3 aliphatic rings. The standard InChI is InChI=1S/C21H26FN3O4S/c22-19-9-18(30(27,28)23-11-16-1-2-17(13-26)29-16)3-4-20(19)24-7-8-25-14-21(5-6-21)10-15(25)12-24/h1-4,9,15,23,26H,5-8,10-14H2/t15-/m0/s1. The SMILES string of the molecule is O=S(=O)(NCc1ccc(CO)o1)c1ccc(N2CCN3CC4(CC4)C[C@H]3C2)c(F)c1. The Balaban J connectivity index is 1.27. The molecule has 1 spiro atoms. The van der Waals surface area contributed by atoms with Crippen LogP contribution in [0.1, 0.15) is 30.8 Å². The first kappa shape index (κ1) is 20.0. The highest BCUT2D eigenvalue weighted by atomic mass is 32.2. The predicted molar refractivity (Wildman–Crippen MR) is 109 cm³/mol. The Morgan fingerprint density at radius 3 is 2.70 bits per heavy atom. The summed E-state index contributed by atoms with van der Waals surface area (Å²) in [5.74, 6) is 0.211. The molecule has 1 aromatic heterocycles. The molecule has 30 heavy (non-hydrogen) atoms. The van der Waals surface area contributed by atoms with Crippen LogP contribution in [0.2, 0.25) is 0 Å². The second-order valence-electron chi connectivity index (χ2n) is 8.74. The highest BCUT2D eigenvalue weighted by Gasteiger charge is 2.52. The van der Waals surface area contributed by atoms with Gasteiger partial charge in [-0.15, -0.1) is 0 Å². The molecule has 3 fully saturated rings. The van der Waals surface area contributed by atoms with Crippen molar-refractivity contribution in [1.82, 2.24) is 9.62 Å². The second kappa shape index (κ2) is 7.33. The Morgan fingerprint density at radius 2 is 2.00 bits per heavy atom. The van der Waals surface area contributed by atoms with Crippen LogP contribution in [-0.4, -0.2) is 50.6 Å². The molecule has 2 saturated heterocycles. The van der Waals surface area contributed by atoms with E-state index in [-0.39, 0.29) is 18.0 Å². The highest BCUT2D eigenvalue weighted by Crippen LogP contribution is 2.55. The maximum atomic E-state index is 14.9. The molecule has 7 nitrogen and oxygen atoms in total. The van der Waals surface area contributed by atoms with Crippen molar-refractivity contribution in [3.63, 3.8) is 0 Å². The summed E-state index contributed by atoms with van der Waals surface area (Å²) in [5, 5.41) is 9.02. The van der Waals surface area contributed by atoms with Gasteiger partial charge in [0, 0.05) is 32.2 Å². The first-order valence-corrected chi connectivity index (χ1v) is 11.8. The Kier molecular flexibility index (Phi) is 4.89. The van der Waals surface area contributed by atoms with Crippen LogP contribution in [0, 0.1) is 11.2 Å². The lowest BCUT2D eigenvalue weighted by atomic mass is 10.0. The van der Waals surface area contributed by atoms with E-state index in [9.17, 15) is 12.8 Å². The molecule has 5 rings (SSSR count). The van der Waals surface area contributed by atoms with Crippen LogP contribution in [0.15, 0.2) is 39.6 Å². The molecule has 2 aliphatic heterocycles. The maximum absolute atomic E-state index is 14.9. The number of nitrogens with one attached hydrogen (secondary N) is 1. The third-order valence-electron chi connectivity index (χ3n) is 6.65. The zero-order valence-electron chi connectivity index (χ0n) is 16.7. The summed E-state index contributed by atoms with van der Waals surface area (Å²) >= 11 is 0. The number of rotatable bonds is 6. The van der Waals surface area contributed by atoms with E-state index < -0.39 is 15.8 Å². The van der Waals surface area contributed by atoms with Crippen LogP contribution in [0.4, 0.5) is 10.1 Å². The third kappa shape index (κ3) is 3.75. The van der Waals surface area contributed by atoms with Crippen LogP contribution in [-0.2, 0) is 23.2 Å². The topological polar surface area (TPSA) is 86.0 Å². The largest absolute Gasteiger partial charge is 0.462 e. The lowest BCUT2D eigenvalue weighted by Crippen LogP contribution is -2.50. The second-order valence-corrected chi connectivity index (χ2v) is 10.5. The number of fused-ring (bicyclic) bond motifs is 1. The normalized spacial score (nSPS) is 23.1. The number of aliphatic hydroxyl groups is 1. The van der Waals surface area contributed by atoms with Crippen LogP contribution in [0.5, 0.6) is 0 Å². The van der Waals surface area contributed by atoms with E-state index in [1.807, 2.05) is 4.90 Å². The molecular formula is C21H26FN3O4S. The average Bonchev–Trinajstić information content (AvgIpc) is 3.16. The average molecular weight is 436 g/mol. The van der Waals surface area contributed by atoms with E-state index in [1.165, 1.54) is 31.9 Å². The fourth-order valence-electron chi connectivity index (χ4n) is 4.81. The first-order valence-electron chi connectivity index (χ1n) is 10.3. The number of benzene rings is 1. The fraction of sp³-hybridized carbons (Fsp3) is 0.524. The quantitative estimate of drug-likeness (QED) is 0.723. The van der Waals surface area contributed by atoms with Gasteiger partial charge in [-0.2, -0.15) is 0 Å². The number of anilines is 1. The van der Waals surface area contributed by atoms with Gasteiger partial charge in [0.2, 0.25) is 10.0 Å². The molecule has 162 valence electrons. The van der Waals surface area contributed by atoms with E-state index in [1.54, 1.807) is 18.2 Å². The van der Waals surface area contributed by atoms with E-state index in [0.717, 1.165) is 25.7 Å². The minimum absolute atomic E-state index is 0.0723. The molecule has 0 unspecified atom stereocenters. The number of sulfonamides is 1. The zero-order valence-corrected chi connectivity index (χ0v) is 17.5. The minimum Gasteiger partial charge on any atom is -0.462 e. The van der Waals surface area contributed by atoms with Crippen molar-refractivity contribution in [3.05, 3.63) is 47.7 Å². The molecule has 1 saturated carbocycles. The van der Waals surface area contributed by atoms with E-state index in [4.69, 9.17) is 9.52 Å². The van der Waals surface area contributed by atoms with Crippen molar-refractivity contribution in [2.24, 2.45) is 5.41 Å². The summed E-state index contributed by atoms with van der Waals surface area (Å²) in [7, 11) is -3.89. The van der Waals surface area contributed by atoms with E-state index >= 15 is 0 Å². The molecule has 1 aliphatic carbocycles. The van der Waals surface area contributed by atoms with Gasteiger partial charge >= 0.3 is 0 Å². The molecule has 0 radical (unpaired) electrons. The van der Waals surface area contributed by atoms with E-state index in [0.29, 0.717) is 28.7 Å². The summed E-state index contributed by atoms with van der Waals surface area (Å²) < 4.78 is 47.7. The predicted octanol–water partition coefficient (Wildman–Crippen LogP) is 2.06. The van der Waals surface area contributed by atoms with Gasteiger partial charge in [0.1, 0.15) is 23.9 Å². The van der Waals surface area contributed by atoms with Gasteiger partial charge in [0.15, 0.2) is 0 Å². The van der Waals surface area contributed by atoms with Gasteiger partial charge in [-0.25, -0.2) is 17.5 Å². The van der Waals surface area contributed by atoms with Crippen molar-refractivity contribution < 1.29 is 22.3 Å². The van der Waals surface area contributed by atoms with Crippen molar-refractivity contribution in [2.75, 3.05) is 31.1 Å². The van der Waals surface area contributed by atoms with Crippen molar-refractivity contribution in [3.8, 4) is 0 Å². The van der Waals surface area contributed by atoms with Crippen LogP contribution in [0.25, 0.3) is 0 Å². The number of piperazine rings is 1. The minimum atomic E-state index is -3.89. The van der Waals surface area contributed by atoms with Crippen molar-refractivity contribution in [2.45, 2.75) is 43.4 Å². The lowest BCUT2D eigenvalue weighted by molar-refractivity contribution is 0.227. The maximum Gasteiger partial charge on any atom is 0.241 e. The number of halogens is 1. The molecule has 3 heterocycles. The van der Waals surface area contributed by atoms with Crippen LogP contribution < -0.4 is 9.62 Å². The number of nitrogens with zero attached hydrogens (tertiary/aromatic N) is 2. The lowest BCUT2D eigenvalue weighted by Gasteiger charge is -2.38. The summed E-state index contributed by atoms with van der Waals surface area (Å²) in [4.78, 5) is 4.45. The van der Waals surface area contributed by atoms with Crippen molar-refractivity contribution in [1.29, 1.82) is 0 Å². The van der Waals surface area contributed by atoms with Crippen molar-refractivity contribution >= 4 is 15.7 Å². The molecule has 0 bridgehead atoms. The summed E-state index contributed by atoms with van der Waals surface area (Å²) in [5.41, 5.74) is 0.985. The molecular weight excluding hydrogens is 409 g/mol. The highest BCUT2D eigenvalue weighted by molar-refractivity contribution is 7.89. The molecule has 9 heteroatoms. The Labute approximate surface area is 175 Å². The summed E-state index contributed by atoms with van der Waals surface area (Å²) in [6, 6.07) is 7.73. The molecule has 1 atom stereocenters. The Hall–Kier alpha value is -1.94. The van der Waals surface area contributed by atoms with Gasteiger partial charge in [-0.1, -0.05) is 0 Å². The fourth-order valence-corrected chi connectivity index (χ4v) is 5.82. The zero-order chi connectivity index (χ0) is 20.9. The van der Waals surface area contributed by atoms with Gasteiger partial charge in [0.25, 0.3) is 0 Å². The van der Waals surface area contributed by atoms with E-state index in [2.05, 4.69) is 9.62 Å². The molecule has 2 N–H and O–H groups in total. The Morgan fingerprint density at radius 1 is 1.20 bits per heavy atom. The van der Waals surface area contributed by atoms with Gasteiger partial charge in [0.05, 0.1) is 17.1 Å². The number of hydrogen-bond acceptors (Lipinski definition) is 6. The van der Waals surface area contributed by atoms with Crippen LogP contribution in [0.3, 0.4) is 0 Å². The van der Waals surface area contributed by atoms with Crippen LogP contribution >= 0.6 is 0 Å². The third-order valence-corrected chi connectivity index (χ3v) is 8.05. The van der Waals surface area contributed by atoms with Gasteiger partial charge < -0.3 is 14.4 Å². The summed E-state index contributed by atoms with van der Waals surface area (Å²) in [6.45, 7) is 3.31. The molecule has 0 amide bonds. The number of furan rings is 1. The monoisotopic (exact) mass is 435 g/mol. The number of hydrogen-bond donors (Lipinski definition) is 2. The summed E-state index contributed by atoms with van der Waals surface area (Å²) in [6.07, 6.45) is 3.81. The molecule has 2 aromatic rings.